The quantitative estimate of drug-likeness (QED) is 0.219. The second kappa shape index (κ2) is 11.4. The van der Waals surface area contributed by atoms with Gasteiger partial charge in [-0.15, -0.1) is 11.3 Å². The smallest absolute Gasteiger partial charge is 0.345 e. The lowest BCUT2D eigenvalue weighted by atomic mass is 10.0. The summed E-state index contributed by atoms with van der Waals surface area (Å²) in [5, 5.41) is 3.24. The molecular weight excluding hydrogens is 512 g/mol. The molecule has 0 bridgehead atoms. The van der Waals surface area contributed by atoms with Crippen LogP contribution in [-0.2, 0) is 27.5 Å². The summed E-state index contributed by atoms with van der Waals surface area (Å²) in [5.74, 6) is -2.48. The number of nitrogens with one attached hydrogen (secondary N) is 1. The zero-order valence-corrected chi connectivity index (χ0v) is 21.4. The molecule has 1 N–H and O–H groups in total. The summed E-state index contributed by atoms with van der Waals surface area (Å²) in [6.07, 6.45) is 1.53. The van der Waals surface area contributed by atoms with Crippen LogP contribution in [0.25, 0.3) is 21.2 Å². The van der Waals surface area contributed by atoms with E-state index in [-0.39, 0.29) is 17.6 Å². The first-order valence-electron chi connectivity index (χ1n) is 12.1. The zero-order chi connectivity index (χ0) is 26.6. The Morgan fingerprint density at radius 2 is 1.87 bits per heavy atom. The van der Waals surface area contributed by atoms with Crippen molar-refractivity contribution in [2.45, 2.75) is 32.1 Å². The van der Waals surface area contributed by atoms with Gasteiger partial charge < -0.3 is 19.5 Å². The van der Waals surface area contributed by atoms with Crippen molar-refractivity contribution in [2.24, 2.45) is 0 Å². The molecule has 0 amide bonds. The molecule has 9 heteroatoms. The monoisotopic (exact) mass is 537 g/mol. The van der Waals surface area contributed by atoms with Crippen LogP contribution in [0.4, 0.5) is 8.78 Å². The van der Waals surface area contributed by atoms with Crippen molar-refractivity contribution in [1.29, 1.82) is 0 Å². The molecule has 196 valence electrons. The van der Waals surface area contributed by atoms with E-state index < -0.39 is 29.6 Å². The summed E-state index contributed by atoms with van der Waals surface area (Å²) >= 11 is 1.37. The Kier molecular flexibility index (Phi) is 7.78. The molecule has 1 saturated heterocycles. The van der Waals surface area contributed by atoms with Crippen molar-refractivity contribution in [3.05, 3.63) is 88.3 Å². The van der Waals surface area contributed by atoms with Gasteiger partial charge in [0.25, 0.3) is 0 Å². The van der Waals surface area contributed by atoms with Gasteiger partial charge in [0.05, 0.1) is 12.2 Å². The average Bonchev–Trinajstić information content (AvgIpc) is 3.61. The van der Waals surface area contributed by atoms with E-state index in [0.717, 1.165) is 29.0 Å². The molecule has 5 rings (SSSR count). The molecule has 38 heavy (non-hydrogen) atoms. The molecule has 0 radical (unpaired) electrons. The van der Waals surface area contributed by atoms with Crippen molar-refractivity contribution in [2.75, 3.05) is 13.7 Å². The third-order valence-electron chi connectivity index (χ3n) is 6.30. The molecule has 0 aliphatic carbocycles. The highest BCUT2D eigenvalue weighted by Gasteiger charge is 2.26. The summed E-state index contributed by atoms with van der Waals surface area (Å²) in [7, 11) is 1.55. The van der Waals surface area contributed by atoms with E-state index in [2.05, 4.69) is 5.32 Å². The van der Waals surface area contributed by atoms with E-state index in [9.17, 15) is 18.4 Å². The SMILES string of the molecule is COCc1cc2c(F)c(F)cc(-c3ccc(OCc4cccc(C(=O)OC(=O)[C@@H]5CCCN5)c4)cc3)c2s1. The van der Waals surface area contributed by atoms with Crippen LogP contribution in [-0.4, -0.2) is 31.6 Å². The predicted molar refractivity (Wildman–Crippen MR) is 140 cm³/mol. The number of rotatable bonds is 8. The fourth-order valence-electron chi connectivity index (χ4n) is 4.41. The van der Waals surface area contributed by atoms with Crippen molar-refractivity contribution in [3.63, 3.8) is 0 Å². The van der Waals surface area contributed by atoms with Crippen molar-refractivity contribution in [1.82, 2.24) is 5.32 Å². The van der Waals surface area contributed by atoms with Gasteiger partial charge >= 0.3 is 11.9 Å². The summed E-state index contributed by atoms with van der Waals surface area (Å²) in [4.78, 5) is 25.3. The third kappa shape index (κ3) is 5.60. The third-order valence-corrected chi connectivity index (χ3v) is 7.45. The Labute approximate surface area is 222 Å². The summed E-state index contributed by atoms with van der Waals surface area (Å²) in [6.45, 7) is 1.23. The Balaban J connectivity index is 1.27. The highest BCUT2D eigenvalue weighted by Crippen LogP contribution is 2.38. The molecule has 0 unspecified atom stereocenters. The Morgan fingerprint density at radius 1 is 1.05 bits per heavy atom. The highest BCUT2D eigenvalue weighted by molar-refractivity contribution is 7.19. The van der Waals surface area contributed by atoms with Gasteiger partial charge in [-0.05, 0) is 66.9 Å². The van der Waals surface area contributed by atoms with Crippen LogP contribution in [0.1, 0.15) is 33.6 Å². The topological polar surface area (TPSA) is 73.9 Å². The van der Waals surface area contributed by atoms with Crippen molar-refractivity contribution >= 4 is 33.4 Å². The Bertz CT molecular complexity index is 1480. The molecule has 1 aromatic heterocycles. The van der Waals surface area contributed by atoms with E-state index in [1.165, 1.54) is 17.4 Å². The minimum absolute atomic E-state index is 0.180. The lowest BCUT2D eigenvalue weighted by Gasteiger charge is -2.11. The molecule has 1 aliphatic rings. The minimum atomic E-state index is -0.908. The normalized spacial score (nSPS) is 15.1. The fraction of sp³-hybridized carbons (Fsp3) is 0.241. The number of esters is 2. The van der Waals surface area contributed by atoms with Crippen molar-refractivity contribution < 1.29 is 32.6 Å². The number of hydrogen-bond acceptors (Lipinski definition) is 7. The Morgan fingerprint density at radius 3 is 2.61 bits per heavy atom. The molecule has 1 aliphatic heterocycles. The molecule has 6 nitrogen and oxygen atoms in total. The van der Waals surface area contributed by atoms with Gasteiger partial charge in [-0.2, -0.15) is 0 Å². The standard InChI is InChI=1S/C29H25F2NO5S/c1-35-16-21-13-23-26(31)24(30)14-22(27(23)38-21)18-7-9-20(10-8-18)36-15-17-4-2-5-19(12-17)28(33)37-29(34)25-6-3-11-32-25/h2,4-5,7-10,12-14,25,32H,3,6,11,15-16H2,1H3/t25-/m0/s1. The fourth-order valence-corrected chi connectivity index (χ4v) is 5.57. The van der Waals surface area contributed by atoms with Gasteiger partial charge in [0.2, 0.25) is 0 Å². The number of thiophene rings is 1. The molecule has 1 atom stereocenters. The second-order valence-corrected chi connectivity index (χ2v) is 10.1. The first-order chi connectivity index (χ1) is 18.4. The molecule has 0 saturated carbocycles. The first kappa shape index (κ1) is 26.0. The van der Waals surface area contributed by atoms with Crippen LogP contribution in [0.15, 0.2) is 60.7 Å². The van der Waals surface area contributed by atoms with Gasteiger partial charge in [0, 0.05) is 27.6 Å². The first-order valence-corrected chi connectivity index (χ1v) is 13.0. The average molecular weight is 538 g/mol. The van der Waals surface area contributed by atoms with Crippen LogP contribution >= 0.6 is 11.3 Å². The summed E-state index contributed by atoms with van der Waals surface area (Å²) in [6, 6.07) is 16.2. The lowest BCUT2D eigenvalue weighted by molar-refractivity contribution is -0.139. The number of methoxy groups -OCH3 is 1. The molecule has 0 spiro atoms. The van der Waals surface area contributed by atoms with Crippen LogP contribution in [0.5, 0.6) is 5.75 Å². The number of fused-ring (bicyclic) bond motifs is 1. The van der Waals surface area contributed by atoms with E-state index >= 15 is 0 Å². The number of halogens is 2. The van der Waals surface area contributed by atoms with Crippen molar-refractivity contribution in [3.8, 4) is 16.9 Å². The number of benzene rings is 3. The van der Waals surface area contributed by atoms with E-state index in [0.29, 0.717) is 29.0 Å². The Hall–Kier alpha value is -3.66. The van der Waals surface area contributed by atoms with Crippen LogP contribution < -0.4 is 10.1 Å². The maximum atomic E-state index is 14.4. The van der Waals surface area contributed by atoms with Crippen LogP contribution in [0.3, 0.4) is 0 Å². The number of hydrogen-bond donors (Lipinski definition) is 1. The highest BCUT2D eigenvalue weighted by atomic mass is 32.1. The molecule has 3 aromatic carbocycles. The molecular formula is C29H25F2NO5S. The predicted octanol–water partition coefficient (Wildman–Crippen LogP) is 6.01. The second-order valence-electron chi connectivity index (χ2n) is 8.98. The molecule has 2 heterocycles. The number of carbonyl (C=O) groups excluding carboxylic acids is 2. The van der Waals surface area contributed by atoms with Crippen LogP contribution in [0, 0.1) is 11.6 Å². The van der Waals surface area contributed by atoms with E-state index in [1.54, 1.807) is 61.7 Å². The summed E-state index contributed by atoms with van der Waals surface area (Å²) in [5.41, 5.74) is 2.30. The van der Waals surface area contributed by atoms with E-state index in [4.69, 9.17) is 14.2 Å². The minimum Gasteiger partial charge on any atom is -0.489 e. The number of carbonyl (C=O) groups is 2. The van der Waals surface area contributed by atoms with E-state index in [1.807, 2.05) is 0 Å². The maximum absolute atomic E-state index is 14.4. The van der Waals surface area contributed by atoms with Gasteiger partial charge in [-0.25, -0.2) is 18.4 Å². The molecule has 4 aromatic rings. The van der Waals surface area contributed by atoms with Gasteiger partial charge in [-0.3, -0.25) is 0 Å². The summed E-state index contributed by atoms with van der Waals surface area (Å²) < 4.78 is 45.4. The van der Waals surface area contributed by atoms with Gasteiger partial charge in [0.15, 0.2) is 11.6 Å². The number of ether oxygens (including phenoxy) is 3. The lowest BCUT2D eigenvalue weighted by Crippen LogP contribution is -2.33. The zero-order valence-electron chi connectivity index (χ0n) is 20.6. The maximum Gasteiger partial charge on any atom is 0.345 e. The van der Waals surface area contributed by atoms with Gasteiger partial charge in [0.1, 0.15) is 18.4 Å². The molecule has 1 fully saturated rings. The van der Waals surface area contributed by atoms with Gasteiger partial charge in [-0.1, -0.05) is 24.3 Å². The van der Waals surface area contributed by atoms with Crippen LogP contribution in [0.2, 0.25) is 0 Å². The largest absolute Gasteiger partial charge is 0.489 e.